The maximum atomic E-state index is 14.8. The number of nitrogens with one attached hydrogen (secondary N) is 2. The molecule has 2 aromatic carbocycles. The van der Waals surface area contributed by atoms with Crippen LogP contribution >= 0.6 is 11.6 Å². The molecule has 188 valence electrons. The van der Waals surface area contributed by atoms with Crippen molar-refractivity contribution in [1.29, 1.82) is 0 Å². The highest BCUT2D eigenvalue weighted by Crippen LogP contribution is 2.28. The van der Waals surface area contributed by atoms with E-state index in [1.807, 2.05) is 11.0 Å². The second kappa shape index (κ2) is 10.5. The van der Waals surface area contributed by atoms with Gasteiger partial charge in [0.15, 0.2) is 0 Å². The molecule has 0 aliphatic carbocycles. The van der Waals surface area contributed by atoms with E-state index in [1.54, 1.807) is 36.5 Å². The van der Waals surface area contributed by atoms with E-state index in [0.29, 0.717) is 42.7 Å². The summed E-state index contributed by atoms with van der Waals surface area (Å²) < 4.78 is 25.5. The molecular formula is C25H25ClFN5O4. The van der Waals surface area contributed by atoms with Crippen LogP contribution in [-0.2, 0) is 14.3 Å². The molecule has 2 fully saturated rings. The minimum atomic E-state index is -0.576. The van der Waals surface area contributed by atoms with E-state index in [9.17, 15) is 14.0 Å². The fraction of sp³-hybridized carbons (Fsp3) is 0.320. The molecule has 1 aromatic heterocycles. The number of hydrogen-bond acceptors (Lipinski definition) is 7. The molecule has 0 radical (unpaired) electrons. The Bertz CT molecular complexity index is 1290. The molecule has 3 heterocycles. The lowest BCUT2D eigenvalue weighted by Crippen LogP contribution is -2.37. The van der Waals surface area contributed by atoms with Gasteiger partial charge in [-0.1, -0.05) is 11.6 Å². The number of benzene rings is 2. The second-order valence-electron chi connectivity index (χ2n) is 8.53. The lowest BCUT2D eigenvalue weighted by atomic mass is 10.2. The first-order valence-electron chi connectivity index (χ1n) is 11.6. The van der Waals surface area contributed by atoms with Gasteiger partial charge >= 0.3 is 6.09 Å². The summed E-state index contributed by atoms with van der Waals surface area (Å²) in [4.78, 5) is 32.4. The minimum Gasteiger partial charge on any atom is -0.442 e. The van der Waals surface area contributed by atoms with Crippen LogP contribution in [0, 0.1) is 5.82 Å². The molecule has 0 unspecified atom stereocenters. The van der Waals surface area contributed by atoms with Crippen molar-refractivity contribution in [3.63, 3.8) is 0 Å². The number of fused-ring (bicyclic) bond motifs is 1. The van der Waals surface area contributed by atoms with Crippen LogP contribution < -0.4 is 20.4 Å². The summed E-state index contributed by atoms with van der Waals surface area (Å²) in [5.74, 6) is -0.666. The zero-order chi connectivity index (χ0) is 25.1. The molecule has 2 aliphatic rings. The summed E-state index contributed by atoms with van der Waals surface area (Å²) in [7, 11) is 0. The van der Waals surface area contributed by atoms with Gasteiger partial charge in [-0.2, -0.15) is 0 Å². The third-order valence-corrected chi connectivity index (χ3v) is 6.37. The van der Waals surface area contributed by atoms with Crippen molar-refractivity contribution in [2.75, 3.05) is 61.1 Å². The maximum Gasteiger partial charge on any atom is 0.414 e. The summed E-state index contributed by atoms with van der Waals surface area (Å²) in [6.07, 6.45) is 0.516. The topological polar surface area (TPSA) is 96.0 Å². The van der Waals surface area contributed by atoms with E-state index in [-0.39, 0.29) is 25.5 Å². The van der Waals surface area contributed by atoms with Crippen molar-refractivity contribution in [2.24, 2.45) is 0 Å². The molecule has 11 heteroatoms. The lowest BCUT2D eigenvalue weighted by molar-refractivity contribution is -0.119. The highest BCUT2D eigenvalue weighted by atomic mass is 35.5. The number of anilines is 3. The van der Waals surface area contributed by atoms with Gasteiger partial charge in [-0.15, -0.1) is 0 Å². The molecule has 0 spiro atoms. The van der Waals surface area contributed by atoms with E-state index in [0.717, 1.165) is 16.6 Å². The molecule has 2 N–H and O–H groups in total. The number of carbonyl (C=O) groups is 2. The number of cyclic esters (lactones) is 1. The fourth-order valence-corrected chi connectivity index (χ4v) is 4.47. The molecule has 0 bridgehead atoms. The Kier molecular flexibility index (Phi) is 7.06. The smallest absolute Gasteiger partial charge is 0.414 e. The van der Waals surface area contributed by atoms with E-state index in [1.165, 1.54) is 11.0 Å². The first-order valence-corrected chi connectivity index (χ1v) is 12.0. The Morgan fingerprint density at radius 2 is 2.00 bits per heavy atom. The summed E-state index contributed by atoms with van der Waals surface area (Å²) in [6, 6.07) is 11.8. The zero-order valence-corrected chi connectivity index (χ0v) is 20.1. The van der Waals surface area contributed by atoms with E-state index in [4.69, 9.17) is 21.1 Å². The first-order chi connectivity index (χ1) is 17.5. The molecule has 2 saturated heterocycles. The largest absolute Gasteiger partial charge is 0.442 e. The molecule has 5 rings (SSSR count). The summed E-state index contributed by atoms with van der Waals surface area (Å²) in [5, 5.41) is 7.30. The molecular weight excluding hydrogens is 489 g/mol. The predicted molar refractivity (Wildman–Crippen MR) is 135 cm³/mol. The van der Waals surface area contributed by atoms with Gasteiger partial charge in [0.2, 0.25) is 5.91 Å². The number of ether oxygens (including phenoxy) is 2. The number of rotatable bonds is 7. The molecule has 0 saturated carbocycles. The Labute approximate surface area is 212 Å². The highest BCUT2D eigenvalue weighted by molar-refractivity contribution is 6.31. The van der Waals surface area contributed by atoms with Crippen LogP contribution in [0.15, 0.2) is 48.7 Å². The number of carbonyl (C=O) groups excluding carboxylic acids is 2. The number of aromatic nitrogens is 1. The maximum absolute atomic E-state index is 14.8. The Morgan fingerprint density at radius 1 is 1.17 bits per heavy atom. The summed E-state index contributed by atoms with van der Waals surface area (Å²) in [6.45, 7) is 2.71. The standard InChI is InChI=1S/C25H25ClFN5O4/c26-16-1-3-19-21(5-6-28-22(19)11-16)29-14-24(33)30-13-18-15-32(25(34)36-18)17-2-4-23(20(27)12-17)31-7-9-35-10-8-31/h1-6,11-12,18H,7-10,13-15H2,(H,28,29)(H,30,33)/t18-/m0/s1. The third kappa shape index (κ3) is 5.29. The molecule has 3 aromatic rings. The third-order valence-electron chi connectivity index (χ3n) is 6.14. The molecule has 36 heavy (non-hydrogen) atoms. The average molecular weight is 514 g/mol. The van der Waals surface area contributed by atoms with Crippen molar-refractivity contribution >= 4 is 51.6 Å². The number of halogens is 2. The first kappa shape index (κ1) is 24.1. The van der Waals surface area contributed by atoms with Crippen molar-refractivity contribution in [3.8, 4) is 0 Å². The second-order valence-corrected chi connectivity index (χ2v) is 8.97. The Balaban J connectivity index is 1.14. The molecule has 2 amide bonds. The van der Waals surface area contributed by atoms with Crippen molar-refractivity contribution < 1.29 is 23.5 Å². The van der Waals surface area contributed by atoms with Gasteiger partial charge in [-0.05, 0) is 42.5 Å². The molecule has 1 atom stereocenters. The van der Waals surface area contributed by atoms with Gasteiger partial charge in [-0.3, -0.25) is 14.7 Å². The van der Waals surface area contributed by atoms with Crippen molar-refractivity contribution in [2.45, 2.75) is 6.10 Å². The van der Waals surface area contributed by atoms with E-state index < -0.39 is 18.0 Å². The summed E-state index contributed by atoms with van der Waals surface area (Å²) in [5.41, 5.74) is 2.37. The van der Waals surface area contributed by atoms with Gasteiger partial charge in [0.05, 0.1) is 49.7 Å². The minimum absolute atomic E-state index is 0.0281. The van der Waals surface area contributed by atoms with Crippen molar-refractivity contribution in [1.82, 2.24) is 10.3 Å². The normalized spacial score (nSPS) is 17.8. The zero-order valence-electron chi connectivity index (χ0n) is 19.4. The predicted octanol–water partition coefficient (Wildman–Crippen LogP) is 3.42. The van der Waals surface area contributed by atoms with Gasteiger partial charge in [0.25, 0.3) is 0 Å². The molecule has 2 aliphatic heterocycles. The van der Waals surface area contributed by atoms with Gasteiger partial charge in [-0.25, -0.2) is 9.18 Å². The van der Waals surface area contributed by atoms with Crippen LogP contribution in [0.1, 0.15) is 0 Å². The monoisotopic (exact) mass is 513 g/mol. The molecule has 9 nitrogen and oxygen atoms in total. The van der Waals surface area contributed by atoms with Crippen LogP contribution in [0.25, 0.3) is 10.9 Å². The van der Waals surface area contributed by atoms with Gasteiger partial charge in [0, 0.05) is 35.4 Å². The SMILES string of the molecule is O=C(CNc1ccnc2cc(Cl)ccc12)NC[C@H]1CN(c2ccc(N3CCOCC3)c(F)c2)C(=O)O1. The van der Waals surface area contributed by atoms with Crippen LogP contribution in [0.3, 0.4) is 0 Å². The summed E-state index contributed by atoms with van der Waals surface area (Å²) >= 11 is 6.02. The van der Waals surface area contributed by atoms with Crippen LogP contribution in [-0.4, -0.2) is 69.0 Å². The van der Waals surface area contributed by atoms with E-state index >= 15 is 0 Å². The Hall–Kier alpha value is -3.63. The number of nitrogens with zero attached hydrogens (tertiary/aromatic N) is 3. The van der Waals surface area contributed by atoms with Crippen molar-refractivity contribution in [3.05, 3.63) is 59.5 Å². The average Bonchev–Trinajstić information content (AvgIpc) is 3.26. The Morgan fingerprint density at radius 3 is 2.81 bits per heavy atom. The van der Waals surface area contributed by atoms with Crippen LogP contribution in [0.2, 0.25) is 5.02 Å². The fourth-order valence-electron chi connectivity index (χ4n) is 4.30. The quantitative estimate of drug-likeness (QED) is 0.500. The van der Waals surface area contributed by atoms with Gasteiger partial charge in [0.1, 0.15) is 11.9 Å². The highest BCUT2D eigenvalue weighted by Gasteiger charge is 2.33. The number of pyridine rings is 1. The number of amides is 2. The lowest BCUT2D eigenvalue weighted by Gasteiger charge is -2.29. The van der Waals surface area contributed by atoms with E-state index in [2.05, 4.69) is 15.6 Å². The number of hydrogen-bond donors (Lipinski definition) is 2. The van der Waals surface area contributed by atoms with Crippen LogP contribution in [0.4, 0.5) is 26.2 Å². The van der Waals surface area contributed by atoms with Crippen LogP contribution in [0.5, 0.6) is 0 Å². The number of morpholine rings is 1. The van der Waals surface area contributed by atoms with Gasteiger partial charge < -0.3 is 25.0 Å².